The van der Waals surface area contributed by atoms with E-state index in [0.29, 0.717) is 19.0 Å². The molecule has 0 fully saturated rings. The standard InChI is InChI=1S/C20H24N2O3/c1-13(2)22(17-7-3-5-14-6-4-9-21-18(14)17)20(23)19-16-8-10-24-11-15(16)12-25-19/h4,6,9,12-13,17H,3,5,7-8,10-11H2,1-2H3. The van der Waals surface area contributed by atoms with Crippen LogP contribution in [-0.2, 0) is 24.2 Å². The fourth-order valence-electron chi connectivity index (χ4n) is 4.06. The van der Waals surface area contributed by atoms with Crippen LogP contribution in [0, 0.1) is 0 Å². The van der Waals surface area contributed by atoms with Gasteiger partial charge < -0.3 is 14.1 Å². The van der Waals surface area contributed by atoms with Gasteiger partial charge in [0.25, 0.3) is 5.91 Å². The molecule has 1 amide bonds. The van der Waals surface area contributed by atoms with E-state index >= 15 is 0 Å². The van der Waals surface area contributed by atoms with Gasteiger partial charge in [0.1, 0.15) is 0 Å². The molecule has 1 atom stereocenters. The number of carbonyl (C=O) groups is 1. The Balaban J connectivity index is 1.71. The number of amides is 1. The minimum Gasteiger partial charge on any atom is -0.458 e. The van der Waals surface area contributed by atoms with Crippen LogP contribution in [0.15, 0.2) is 29.0 Å². The largest absolute Gasteiger partial charge is 0.458 e. The highest BCUT2D eigenvalue weighted by Gasteiger charge is 2.35. The molecule has 0 radical (unpaired) electrons. The Morgan fingerprint density at radius 3 is 3.04 bits per heavy atom. The SMILES string of the molecule is CC(C)N(C(=O)c1occ2c1CCOC2)C1CCCc2cccnc21. The fourth-order valence-corrected chi connectivity index (χ4v) is 4.06. The van der Waals surface area contributed by atoms with Gasteiger partial charge in [-0.25, -0.2) is 0 Å². The van der Waals surface area contributed by atoms with Crippen molar-refractivity contribution >= 4 is 5.91 Å². The van der Waals surface area contributed by atoms with E-state index in [1.54, 1.807) is 6.26 Å². The average molecular weight is 340 g/mol. The molecule has 1 aliphatic heterocycles. The van der Waals surface area contributed by atoms with Crippen molar-refractivity contribution in [3.8, 4) is 0 Å². The molecule has 132 valence electrons. The molecular weight excluding hydrogens is 316 g/mol. The number of furan rings is 1. The zero-order valence-electron chi connectivity index (χ0n) is 14.8. The first-order chi connectivity index (χ1) is 12.2. The summed E-state index contributed by atoms with van der Waals surface area (Å²) in [6.45, 7) is 5.30. The van der Waals surface area contributed by atoms with Crippen LogP contribution in [0.3, 0.4) is 0 Å². The van der Waals surface area contributed by atoms with Crippen LogP contribution >= 0.6 is 0 Å². The van der Waals surface area contributed by atoms with Crippen LogP contribution in [0.25, 0.3) is 0 Å². The van der Waals surface area contributed by atoms with Gasteiger partial charge in [0.15, 0.2) is 5.76 Å². The smallest absolute Gasteiger partial charge is 0.290 e. The lowest BCUT2D eigenvalue weighted by Gasteiger charge is -2.37. The summed E-state index contributed by atoms with van der Waals surface area (Å²) >= 11 is 0. The lowest BCUT2D eigenvalue weighted by atomic mass is 9.90. The first-order valence-corrected chi connectivity index (χ1v) is 9.10. The summed E-state index contributed by atoms with van der Waals surface area (Å²) in [6, 6.07) is 4.19. The quantitative estimate of drug-likeness (QED) is 0.855. The Bertz CT molecular complexity index is 781. The summed E-state index contributed by atoms with van der Waals surface area (Å²) in [5, 5.41) is 0. The summed E-state index contributed by atoms with van der Waals surface area (Å²) in [5.41, 5.74) is 4.31. The molecule has 5 heteroatoms. The van der Waals surface area contributed by atoms with E-state index in [1.165, 1.54) is 5.56 Å². The summed E-state index contributed by atoms with van der Waals surface area (Å²) in [4.78, 5) is 20.0. The average Bonchev–Trinajstić information content (AvgIpc) is 3.06. The normalized spacial score (nSPS) is 19.4. The van der Waals surface area contributed by atoms with E-state index in [-0.39, 0.29) is 18.0 Å². The molecule has 0 bridgehead atoms. The van der Waals surface area contributed by atoms with E-state index < -0.39 is 0 Å². The number of rotatable bonds is 3. The Labute approximate surface area is 148 Å². The topological polar surface area (TPSA) is 55.6 Å². The monoisotopic (exact) mass is 340 g/mol. The molecule has 2 aromatic heterocycles. The van der Waals surface area contributed by atoms with Crippen LogP contribution in [0.4, 0.5) is 0 Å². The predicted octanol–water partition coefficient (Wildman–Crippen LogP) is 3.68. The second kappa shape index (κ2) is 6.64. The zero-order chi connectivity index (χ0) is 17.4. The van der Waals surface area contributed by atoms with Crippen LogP contribution < -0.4 is 0 Å². The van der Waals surface area contributed by atoms with E-state index in [1.807, 2.05) is 17.2 Å². The van der Waals surface area contributed by atoms with E-state index in [0.717, 1.165) is 42.5 Å². The minimum atomic E-state index is -0.0262. The number of hydrogen-bond acceptors (Lipinski definition) is 4. The first-order valence-electron chi connectivity index (χ1n) is 9.10. The Morgan fingerprint density at radius 2 is 2.20 bits per heavy atom. The number of hydrogen-bond donors (Lipinski definition) is 0. The number of aryl methyl sites for hydroxylation is 1. The molecule has 0 aromatic carbocycles. The maximum absolute atomic E-state index is 13.4. The fraction of sp³-hybridized carbons (Fsp3) is 0.500. The Kier molecular flexibility index (Phi) is 4.34. The lowest BCUT2D eigenvalue weighted by molar-refractivity contribution is 0.0540. The van der Waals surface area contributed by atoms with Gasteiger partial charge in [-0.05, 0) is 44.7 Å². The van der Waals surface area contributed by atoms with E-state index in [9.17, 15) is 4.79 Å². The van der Waals surface area contributed by atoms with Crippen molar-refractivity contribution in [2.75, 3.05) is 6.61 Å². The lowest BCUT2D eigenvalue weighted by Crippen LogP contribution is -2.42. The molecule has 1 aliphatic carbocycles. The number of fused-ring (bicyclic) bond motifs is 2. The second-order valence-corrected chi connectivity index (χ2v) is 7.13. The number of aromatic nitrogens is 1. The van der Waals surface area contributed by atoms with E-state index in [2.05, 4.69) is 24.9 Å². The number of nitrogens with zero attached hydrogens (tertiary/aromatic N) is 2. The maximum atomic E-state index is 13.4. The minimum absolute atomic E-state index is 0.0121. The van der Waals surface area contributed by atoms with Gasteiger partial charge in [-0.2, -0.15) is 0 Å². The van der Waals surface area contributed by atoms with Gasteiger partial charge in [0.05, 0.1) is 31.2 Å². The summed E-state index contributed by atoms with van der Waals surface area (Å²) < 4.78 is 11.2. The highest BCUT2D eigenvalue weighted by Crippen LogP contribution is 2.36. The highest BCUT2D eigenvalue weighted by atomic mass is 16.5. The molecule has 4 rings (SSSR count). The highest BCUT2D eigenvalue weighted by molar-refractivity contribution is 5.94. The molecule has 2 aliphatic rings. The molecule has 1 unspecified atom stereocenters. The molecule has 0 saturated carbocycles. The molecule has 0 spiro atoms. The van der Waals surface area contributed by atoms with Gasteiger partial charge in [0, 0.05) is 29.8 Å². The molecule has 3 heterocycles. The van der Waals surface area contributed by atoms with Crippen molar-refractivity contribution in [2.45, 2.75) is 58.2 Å². The van der Waals surface area contributed by atoms with Gasteiger partial charge in [0.2, 0.25) is 0 Å². The van der Waals surface area contributed by atoms with Crippen LogP contribution in [0.2, 0.25) is 0 Å². The van der Waals surface area contributed by atoms with Gasteiger partial charge >= 0.3 is 0 Å². The van der Waals surface area contributed by atoms with Crippen molar-refractivity contribution in [1.82, 2.24) is 9.88 Å². The third kappa shape index (κ3) is 2.86. The molecule has 5 nitrogen and oxygen atoms in total. The number of pyridine rings is 1. The Hall–Kier alpha value is -2.14. The van der Waals surface area contributed by atoms with Crippen molar-refractivity contribution < 1.29 is 13.9 Å². The number of carbonyl (C=O) groups excluding carboxylic acids is 1. The Morgan fingerprint density at radius 1 is 1.32 bits per heavy atom. The van der Waals surface area contributed by atoms with Crippen molar-refractivity contribution in [3.63, 3.8) is 0 Å². The van der Waals surface area contributed by atoms with Gasteiger partial charge in [-0.15, -0.1) is 0 Å². The van der Waals surface area contributed by atoms with Crippen molar-refractivity contribution in [3.05, 3.63) is 52.7 Å². The second-order valence-electron chi connectivity index (χ2n) is 7.13. The maximum Gasteiger partial charge on any atom is 0.290 e. The van der Waals surface area contributed by atoms with Crippen molar-refractivity contribution in [1.29, 1.82) is 0 Å². The molecular formula is C20H24N2O3. The van der Waals surface area contributed by atoms with Crippen molar-refractivity contribution in [2.24, 2.45) is 0 Å². The van der Waals surface area contributed by atoms with Crippen LogP contribution in [0.1, 0.15) is 65.7 Å². The first kappa shape index (κ1) is 16.3. The zero-order valence-corrected chi connectivity index (χ0v) is 14.8. The predicted molar refractivity (Wildman–Crippen MR) is 93.3 cm³/mol. The van der Waals surface area contributed by atoms with Crippen LogP contribution in [0.5, 0.6) is 0 Å². The van der Waals surface area contributed by atoms with Gasteiger partial charge in [-0.1, -0.05) is 6.07 Å². The summed E-state index contributed by atoms with van der Waals surface area (Å²) in [7, 11) is 0. The molecule has 25 heavy (non-hydrogen) atoms. The van der Waals surface area contributed by atoms with E-state index in [4.69, 9.17) is 9.15 Å². The van der Waals surface area contributed by atoms with Gasteiger partial charge in [-0.3, -0.25) is 9.78 Å². The molecule has 0 N–H and O–H groups in total. The molecule has 0 saturated heterocycles. The van der Waals surface area contributed by atoms with Crippen LogP contribution in [-0.4, -0.2) is 28.4 Å². The summed E-state index contributed by atoms with van der Waals surface area (Å²) in [6.07, 6.45) is 7.29. The third-order valence-corrected chi connectivity index (χ3v) is 5.22. The summed E-state index contributed by atoms with van der Waals surface area (Å²) in [5.74, 6) is 0.455. The third-order valence-electron chi connectivity index (χ3n) is 5.22. The number of ether oxygens (including phenoxy) is 1. The molecule has 2 aromatic rings.